The maximum atomic E-state index is 12.9. The quantitative estimate of drug-likeness (QED) is 0.693. The van der Waals surface area contributed by atoms with Gasteiger partial charge in [-0.1, -0.05) is 18.2 Å². The molecule has 0 bridgehead atoms. The number of ether oxygens (including phenoxy) is 1. The average molecular weight is 377 g/mol. The molecular weight excluding hydrogens is 354 g/mol. The van der Waals surface area contributed by atoms with E-state index in [9.17, 15) is 4.79 Å². The lowest BCUT2D eigenvalue weighted by Crippen LogP contribution is -2.36. The van der Waals surface area contributed by atoms with Gasteiger partial charge in [0.1, 0.15) is 0 Å². The Balaban J connectivity index is 1.41. The summed E-state index contributed by atoms with van der Waals surface area (Å²) in [7, 11) is 0. The molecule has 0 saturated carbocycles. The Hall–Kier alpha value is -2.86. The highest BCUT2D eigenvalue weighted by atomic mass is 16.5. The summed E-state index contributed by atoms with van der Waals surface area (Å²) in [6.45, 7) is 2.30. The SMILES string of the molecule is O=C(c1ccco1)N1CCC(c2ccn(CC3CCCO3)n2)c2ccccc21. The first-order valence-corrected chi connectivity index (χ1v) is 9.89. The molecule has 28 heavy (non-hydrogen) atoms. The van der Waals surface area contributed by atoms with Crippen LogP contribution < -0.4 is 4.90 Å². The van der Waals surface area contributed by atoms with E-state index in [0.717, 1.165) is 49.4 Å². The highest BCUT2D eigenvalue weighted by Crippen LogP contribution is 2.39. The van der Waals surface area contributed by atoms with Crippen molar-refractivity contribution >= 4 is 11.6 Å². The minimum absolute atomic E-state index is 0.0974. The van der Waals surface area contributed by atoms with Crippen LogP contribution in [0.4, 0.5) is 5.69 Å². The molecule has 2 aliphatic heterocycles. The zero-order valence-electron chi connectivity index (χ0n) is 15.7. The van der Waals surface area contributed by atoms with Crippen LogP contribution in [0.5, 0.6) is 0 Å². The highest BCUT2D eigenvalue weighted by Gasteiger charge is 2.32. The number of carbonyl (C=O) groups excluding carboxylic acids is 1. The molecule has 1 fully saturated rings. The van der Waals surface area contributed by atoms with Gasteiger partial charge in [-0.2, -0.15) is 5.10 Å². The maximum Gasteiger partial charge on any atom is 0.293 e. The Bertz CT molecular complexity index is 957. The summed E-state index contributed by atoms with van der Waals surface area (Å²) in [4.78, 5) is 14.7. The first-order valence-electron chi connectivity index (χ1n) is 9.89. The van der Waals surface area contributed by atoms with E-state index >= 15 is 0 Å². The summed E-state index contributed by atoms with van der Waals surface area (Å²) < 4.78 is 13.0. The number of para-hydroxylation sites is 1. The minimum atomic E-state index is -0.0974. The van der Waals surface area contributed by atoms with Gasteiger partial charge < -0.3 is 14.1 Å². The van der Waals surface area contributed by atoms with Crippen LogP contribution in [0.15, 0.2) is 59.3 Å². The number of furan rings is 1. The van der Waals surface area contributed by atoms with Crippen molar-refractivity contribution in [1.82, 2.24) is 9.78 Å². The highest BCUT2D eigenvalue weighted by molar-refractivity contribution is 6.05. The molecule has 1 aromatic carbocycles. The molecule has 2 atom stereocenters. The van der Waals surface area contributed by atoms with Crippen molar-refractivity contribution in [2.45, 2.75) is 37.8 Å². The van der Waals surface area contributed by atoms with E-state index in [1.807, 2.05) is 34.0 Å². The number of rotatable bonds is 4. The molecule has 1 saturated heterocycles. The second-order valence-electron chi connectivity index (χ2n) is 7.43. The molecule has 6 nitrogen and oxygen atoms in total. The predicted molar refractivity (Wildman–Crippen MR) is 104 cm³/mol. The van der Waals surface area contributed by atoms with E-state index < -0.39 is 0 Å². The van der Waals surface area contributed by atoms with Crippen molar-refractivity contribution in [3.63, 3.8) is 0 Å². The number of aromatic nitrogens is 2. The van der Waals surface area contributed by atoms with E-state index in [0.29, 0.717) is 12.3 Å². The molecule has 6 heteroatoms. The molecule has 144 valence electrons. The molecule has 0 spiro atoms. The molecule has 4 heterocycles. The van der Waals surface area contributed by atoms with Crippen molar-refractivity contribution in [3.05, 3.63) is 71.9 Å². The van der Waals surface area contributed by atoms with Gasteiger partial charge in [0.25, 0.3) is 5.91 Å². The summed E-state index contributed by atoms with van der Waals surface area (Å²) in [5.74, 6) is 0.455. The fourth-order valence-electron chi connectivity index (χ4n) is 4.28. The zero-order valence-corrected chi connectivity index (χ0v) is 15.7. The summed E-state index contributed by atoms with van der Waals surface area (Å²) >= 11 is 0. The van der Waals surface area contributed by atoms with Crippen molar-refractivity contribution in [3.8, 4) is 0 Å². The lowest BCUT2D eigenvalue weighted by Gasteiger charge is -2.33. The van der Waals surface area contributed by atoms with Crippen LogP contribution in [0.3, 0.4) is 0 Å². The first kappa shape index (κ1) is 17.3. The van der Waals surface area contributed by atoms with Crippen LogP contribution in [-0.4, -0.2) is 34.9 Å². The lowest BCUT2D eigenvalue weighted by atomic mass is 9.87. The zero-order chi connectivity index (χ0) is 18.9. The molecule has 2 aromatic heterocycles. The number of anilines is 1. The third-order valence-corrected chi connectivity index (χ3v) is 5.65. The number of carbonyl (C=O) groups is 1. The fourth-order valence-corrected chi connectivity index (χ4v) is 4.28. The normalized spacial score (nSPS) is 21.6. The van der Waals surface area contributed by atoms with Gasteiger partial charge in [-0.15, -0.1) is 0 Å². The Kier molecular flexibility index (Phi) is 4.49. The molecule has 0 radical (unpaired) electrons. The first-order chi connectivity index (χ1) is 13.8. The van der Waals surface area contributed by atoms with Crippen LogP contribution in [0, 0.1) is 0 Å². The molecule has 0 aliphatic carbocycles. The van der Waals surface area contributed by atoms with Gasteiger partial charge in [-0.3, -0.25) is 9.48 Å². The van der Waals surface area contributed by atoms with Crippen LogP contribution in [0.2, 0.25) is 0 Å². The average Bonchev–Trinajstić information content (AvgIpc) is 3.50. The van der Waals surface area contributed by atoms with Crippen LogP contribution in [-0.2, 0) is 11.3 Å². The van der Waals surface area contributed by atoms with E-state index in [1.54, 1.807) is 12.1 Å². The topological polar surface area (TPSA) is 60.5 Å². The number of amides is 1. The van der Waals surface area contributed by atoms with E-state index in [4.69, 9.17) is 14.3 Å². The van der Waals surface area contributed by atoms with E-state index in [-0.39, 0.29) is 17.9 Å². The molecule has 3 aromatic rings. The van der Waals surface area contributed by atoms with Crippen LogP contribution in [0.1, 0.15) is 47.0 Å². The van der Waals surface area contributed by atoms with Crippen molar-refractivity contribution in [1.29, 1.82) is 0 Å². The third-order valence-electron chi connectivity index (χ3n) is 5.65. The minimum Gasteiger partial charge on any atom is -0.459 e. The standard InChI is InChI=1S/C22H23N3O3/c26-22(21-8-4-14-28-21)25-12-9-17(18-6-1-2-7-20(18)25)19-10-11-24(23-19)15-16-5-3-13-27-16/h1-2,4,6-8,10-11,14,16-17H,3,5,9,12-13,15H2. The number of fused-ring (bicyclic) bond motifs is 1. The predicted octanol–water partition coefficient (Wildman–Crippen LogP) is 3.84. The summed E-state index contributed by atoms with van der Waals surface area (Å²) in [5, 5.41) is 4.83. The molecule has 5 rings (SSSR count). The van der Waals surface area contributed by atoms with E-state index in [2.05, 4.69) is 12.1 Å². The van der Waals surface area contributed by atoms with Crippen LogP contribution in [0.25, 0.3) is 0 Å². The van der Waals surface area contributed by atoms with E-state index in [1.165, 1.54) is 6.26 Å². The molecule has 2 aliphatic rings. The second kappa shape index (κ2) is 7.28. The fraction of sp³-hybridized carbons (Fsp3) is 0.364. The molecule has 2 unspecified atom stereocenters. The molecular formula is C22H23N3O3. The monoisotopic (exact) mass is 377 g/mol. The summed E-state index contributed by atoms with van der Waals surface area (Å²) in [6.07, 6.45) is 6.92. The smallest absolute Gasteiger partial charge is 0.293 e. The Morgan fingerprint density at radius 3 is 2.89 bits per heavy atom. The van der Waals surface area contributed by atoms with Gasteiger partial charge in [0, 0.05) is 31.0 Å². The Morgan fingerprint density at radius 2 is 2.07 bits per heavy atom. The Morgan fingerprint density at radius 1 is 1.14 bits per heavy atom. The largest absolute Gasteiger partial charge is 0.459 e. The van der Waals surface area contributed by atoms with Gasteiger partial charge in [0.05, 0.1) is 24.6 Å². The number of hydrogen-bond donors (Lipinski definition) is 0. The van der Waals surface area contributed by atoms with Gasteiger partial charge in [0.2, 0.25) is 0 Å². The molecule has 1 amide bonds. The Labute approximate surface area is 163 Å². The number of benzene rings is 1. The second-order valence-corrected chi connectivity index (χ2v) is 7.43. The third kappa shape index (κ3) is 3.14. The lowest BCUT2D eigenvalue weighted by molar-refractivity contribution is 0.0937. The van der Waals surface area contributed by atoms with Gasteiger partial charge >= 0.3 is 0 Å². The maximum absolute atomic E-state index is 12.9. The van der Waals surface area contributed by atoms with Crippen LogP contribution >= 0.6 is 0 Å². The summed E-state index contributed by atoms with van der Waals surface area (Å²) in [6, 6.07) is 13.7. The number of nitrogens with zero attached hydrogens (tertiary/aromatic N) is 3. The van der Waals surface area contributed by atoms with Crippen molar-refractivity contribution in [2.75, 3.05) is 18.1 Å². The molecule has 0 N–H and O–H groups in total. The van der Waals surface area contributed by atoms with Gasteiger partial charge in [-0.05, 0) is 49.1 Å². The number of hydrogen-bond acceptors (Lipinski definition) is 4. The summed E-state index contributed by atoms with van der Waals surface area (Å²) in [5.41, 5.74) is 3.13. The van der Waals surface area contributed by atoms with Gasteiger partial charge in [-0.25, -0.2) is 0 Å². The van der Waals surface area contributed by atoms with Gasteiger partial charge in [0.15, 0.2) is 5.76 Å². The van der Waals surface area contributed by atoms with Crippen molar-refractivity contribution in [2.24, 2.45) is 0 Å². The van der Waals surface area contributed by atoms with Crippen molar-refractivity contribution < 1.29 is 13.9 Å².